The summed E-state index contributed by atoms with van der Waals surface area (Å²) in [7, 11) is 0. The van der Waals surface area contributed by atoms with E-state index in [0.29, 0.717) is 24.2 Å². The number of anilines is 1. The van der Waals surface area contributed by atoms with Crippen LogP contribution in [0.4, 0.5) is 10.7 Å². The average Bonchev–Trinajstić information content (AvgIpc) is 2.80. The number of carbonyl (C=O) groups is 1. The zero-order valence-electron chi connectivity index (χ0n) is 12.8. The van der Waals surface area contributed by atoms with Crippen LogP contribution in [0.25, 0.3) is 0 Å². The van der Waals surface area contributed by atoms with Crippen molar-refractivity contribution in [3.63, 3.8) is 0 Å². The molecule has 0 spiro atoms. The number of amides is 1. The van der Waals surface area contributed by atoms with Crippen LogP contribution in [0, 0.1) is 6.92 Å². The second-order valence-electron chi connectivity index (χ2n) is 6.22. The first-order chi connectivity index (χ1) is 9.74. The average molecular weight is 313 g/mol. The first kappa shape index (κ1) is 15.8. The number of ether oxygens (including phenoxy) is 1. The topological polar surface area (TPSA) is 67.4 Å². The minimum absolute atomic E-state index is 0.108. The number of aromatic nitrogens is 2. The van der Waals surface area contributed by atoms with Crippen molar-refractivity contribution in [1.29, 1.82) is 0 Å². The molecule has 0 aliphatic carbocycles. The highest BCUT2D eigenvalue weighted by Gasteiger charge is 2.30. The Morgan fingerprint density at radius 1 is 1.52 bits per heavy atom. The van der Waals surface area contributed by atoms with E-state index in [0.717, 1.165) is 12.0 Å². The van der Waals surface area contributed by atoms with E-state index in [4.69, 9.17) is 16.3 Å². The van der Waals surface area contributed by atoms with E-state index >= 15 is 0 Å². The first-order valence-corrected chi connectivity index (χ1v) is 7.36. The normalized spacial score (nSPS) is 18.7. The fourth-order valence-electron chi connectivity index (χ4n) is 2.04. The van der Waals surface area contributed by atoms with Gasteiger partial charge in [0.25, 0.3) is 0 Å². The van der Waals surface area contributed by atoms with Crippen LogP contribution in [-0.2, 0) is 4.74 Å². The summed E-state index contributed by atoms with van der Waals surface area (Å²) in [6.45, 7) is 8.67. The van der Waals surface area contributed by atoms with Gasteiger partial charge in [-0.1, -0.05) is 11.6 Å². The van der Waals surface area contributed by atoms with Gasteiger partial charge in [0.15, 0.2) is 0 Å². The van der Waals surface area contributed by atoms with E-state index in [2.05, 4.69) is 15.3 Å². The van der Waals surface area contributed by atoms with E-state index in [-0.39, 0.29) is 12.1 Å². The van der Waals surface area contributed by atoms with Crippen LogP contribution in [0.15, 0.2) is 6.20 Å². The number of rotatable bonds is 2. The van der Waals surface area contributed by atoms with Gasteiger partial charge in [-0.3, -0.25) is 0 Å². The van der Waals surface area contributed by atoms with Crippen molar-refractivity contribution in [1.82, 2.24) is 14.9 Å². The molecule has 1 aromatic rings. The lowest BCUT2D eigenvalue weighted by Crippen LogP contribution is -2.36. The summed E-state index contributed by atoms with van der Waals surface area (Å²) in [4.78, 5) is 22.0. The van der Waals surface area contributed by atoms with E-state index in [1.54, 1.807) is 11.1 Å². The quantitative estimate of drug-likeness (QED) is 0.851. The van der Waals surface area contributed by atoms with Crippen LogP contribution in [0.3, 0.4) is 0 Å². The number of hydrogen-bond donors (Lipinski definition) is 1. The maximum atomic E-state index is 12.0. The van der Waals surface area contributed by atoms with Gasteiger partial charge in [0.2, 0.25) is 5.95 Å². The van der Waals surface area contributed by atoms with Crippen molar-refractivity contribution in [2.24, 2.45) is 0 Å². The molecule has 1 atom stereocenters. The van der Waals surface area contributed by atoms with Crippen LogP contribution in [-0.4, -0.2) is 45.7 Å². The minimum atomic E-state index is -0.476. The first-order valence-electron chi connectivity index (χ1n) is 6.98. The van der Waals surface area contributed by atoms with Gasteiger partial charge in [-0.25, -0.2) is 14.8 Å². The monoisotopic (exact) mass is 312 g/mol. The molecule has 6 nitrogen and oxygen atoms in total. The molecule has 1 fully saturated rings. The molecule has 1 aromatic heterocycles. The molecule has 0 radical (unpaired) electrons. The van der Waals surface area contributed by atoms with Crippen molar-refractivity contribution in [2.45, 2.75) is 45.8 Å². The summed E-state index contributed by atoms with van der Waals surface area (Å²) in [6, 6.07) is 0.108. The Bertz CT molecular complexity index is 530. The molecule has 1 aliphatic rings. The summed E-state index contributed by atoms with van der Waals surface area (Å²) in [5.74, 6) is 0.488. The smallest absolute Gasteiger partial charge is 0.410 e. The highest BCUT2D eigenvalue weighted by Crippen LogP contribution is 2.18. The van der Waals surface area contributed by atoms with E-state index in [1.165, 1.54) is 0 Å². The van der Waals surface area contributed by atoms with Gasteiger partial charge < -0.3 is 15.0 Å². The zero-order chi connectivity index (χ0) is 15.6. The third kappa shape index (κ3) is 4.46. The molecular formula is C14H21ClN4O2. The molecule has 0 saturated carbocycles. The number of likely N-dealkylation sites (tertiary alicyclic amines) is 1. The van der Waals surface area contributed by atoms with Crippen LogP contribution < -0.4 is 5.32 Å². The van der Waals surface area contributed by atoms with Crippen molar-refractivity contribution >= 4 is 23.6 Å². The van der Waals surface area contributed by atoms with Crippen molar-refractivity contribution in [2.75, 3.05) is 18.4 Å². The summed E-state index contributed by atoms with van der Waals surface area (Å²) < 4.78 is 5.36. The number of halogens is 1. The lowest BCUT2D eigenvalue weighted by Gasteiger charge is -2.24. The Morgan fingerprint density at radius 2 is 2.24 bits per heavy atom. The maximum Gasteiger partial charge on any atom is 0.410 e. The largest absolute Gasteiger partial charge is 0.444 e. The molecular weight excluding hydrogens is 292 g/mol. The van der Waals surface area contributed by atoms with Crippen molar-refractivity contribution in [3.8, 4) is 0 Å². The Balaban J connectivity index is 1.90. The SMILES string of the molecule is Cc1cnc(N[C@@H]2CCN(C(=O)OC(C)(C)C)C2)nc1Cl. The minimum Gasteiger partial charge on any atom is -0.444 e. The van der Waals surface area contributed by atoms with Crippen molar-refractivity contribution in [3.05, 3.63) is 16.9 Å². The fraction of sp³-hybridized carbons (Fsp3) is 0.643. The molecule has 0 aromatic carbocycles. The second kappa shape index (κ2) is 6.05. The van der Waals surface area contributed by atoms with E-state index < -0.39 is 5.60 Å². The molecule has 1 aliphatic heterocycles. The third-order valence-electron chi connectivity index (χ3n) is 3.08. The van der Waals surface area contributed by atoms with Gasteiger partial charge in [0.05, 0.1) is 0 Å². The predicted molar refractivity (Wildman–Crippen MR) is 81.6 cm³/mol. The van der Waals surface area contributed by atoms with Gasteiger partial charge in [-0.15, -0.1) is 0 Å². The van der Waals surface area contributed by atoms with Crippen LogP contribution in [0.2, 0.25) is 5.15 Å². The highest BCUT2D eigenvalue weighted by molar-refractivity contribution is 6.30. The summed E-state index contributed by atoms with van der Waals surface area (Å²) in [5, 5.41) is 3.64. The molecule has 1 amide bonds. The second-order valence-corrected chi connectivity index (χ2v) is 6.58. The third-order valence-corrected chi connectivity index (χ3v) is 3.47. The maximum absolute atomic E-state index is 12.0. The molecule has 116 valence electrons. The number of carbonyl (C=O) groups excluding carboxylic acids is 1. The van der Waals surface area contributed by atoms with Gasteiger partial charge in [0.1, 0.15) is 10.8 Å². The number of hydrogen-bond acceptors (Lipinski definition) is 5. The Kier molecular flexibility index (Phi) is 4.56. The Morgan fingerprint density at radius 3 is 2.86 bits per heavy atom. The fourth-order valence-corrected chi connectivity index (χ4v) is 2.17. The predicted octanol–water partition coefficient (Wildman–Crippen LogP) is 2.86. The molecule has 21 heavy (non-hydrogen) atoms. The standard InChI is InChI=1S/C14H21ClN4O2/c1-9-7-16-12(18-11(9)15)17-10-5-6-19(8-10)13(20)21-14(2,3)4/h7,10H,5-6,8H2,1-4H3,(H,16,17,18)/t10-/m1/s1. The van der Waals surface area contributed by atoms with Gasteiger partial charge >= 0.3 is 6.09 Å². The number of nitrogens with zero attached hydrogens (tertiary/aromatic N) is 3. The molecule has 1 N–H and O–H groups in total. The van der Waals surface area contributed by atoms with E-state index in [9.17, 15) is 4.79 Å². The van der Waals surface area contributed by atoms with Crippen LogP contribution >= 0.6 is 11.6 Å². The summed E-state index contributed by atoms with van der Waals surface area (Å²) >= 11 is 5.98. The van der Waals surface area contributed by atoms with Gasteiger partial charge in [0, 0.05) is 30.9 Å². The number of aryl methyl sites for hydroxylation is 1. The summed E-state index contributed by atoms with van der Waals surface area (Å²) in [6.07, 6.45) is 2.22. The Hall–Kier alpha value is -1.56. The van der Waals surface area contributed by atoms with Gasteiger partial charge in [-0.2, -0.15) is 0 Å². The number of nitrogens with one attached hydrogen (secondary N) is 1. The van der Waals surface area contributed by atoms with Crippen LogP contribution in [0.5, 0.6) is 0 Å². The lowest BCUT2D eigenvalue weighted by molar-refractivity contribution is 0.0293. The molecule has 0 bridgehead atoms. The zero-order valence-corrected chi connectivity index (χ0v) is 13.6. The Labute approximate surface area is 129 Å². The molecule has 2 heterocycles. The summed E-state index contributed by atoms with van der Waals surface area (Å²) in [5.41, 5.74) is 0.361. The molecule has 7 heteroatoms. The molecule has 0 unspecified atom stereocenters. The highest BCUT2D eigenvalue weighted by atomic mass is 35.5. The van der Waals surface area contributed by atoms with Gasteiger partial charge in [-0.05, 0) is 34.1 Å². The van der Waals surface area contributed by atoms with E-state index in [1.807, 2.05) is 27.7 Å². The molecule has 1 saturated heterocycles. The lowest BCUT2D eigenvalue weighted by atomic mass is 10.2. The van der Waals surface area contributed by atoms with Crippen molar-refractivity contribution < 1.29 is 9.53 Å². The molecule has 2 rings (SSSR count). The van der Waals surface area contributed by atoms with Crippen LogP contribution in [0.1, 0.15) is 32.8 Å².